The zero-order valence-corrected chi connectivity index (χ0v) is 18.5. The van der Waals surface area contributed by atoms with Crippen molar-refractivity contribution < 1.29 is 23.9 Å². The Morgan fingerprint density at radius 3 is 2.39 bits per heavy atom. The van der Waals surface area contributed by atoms with E-state index in [0.29, 0.717) is 35.4 Å². The predicted octanol–water partition coefficient (Wildman–Crippen LogP) is 2.82. The van der Waals surface area contributed by atoms with Crippen LogP contribution >= 0.6 is 0 Å². The van der Waals surface area contributed by atoms with Crippen LogP contribution in [0.2, 0.25) is 0 Å². The number of nitrogens with zero attached hydrogens (tertiary/aromatic N) is 3. The van der Waals surface area contributed by atoms with E-state index in [1.54, 1.807) is 24.3 Å². The van der Waals surface area contributed by atoms with Gasteiger partial charge in [-0.15, -0.1) is 0 Å². The number of nitriles is 1. The Bertz CT molecular complexity index is 1210. The molecule has 170 valence electrons. The van der Waals surface area contributed by atoms with E-state index in [9.17, 15) is 14.4 Å². The second kappa shape index (κ2) is 10.9. The molecule has 3 aromatic rings. The number of hydrogen-bond acceptors (Lipinski definition) is 7. The van der Waals surface area contributed by atoms with Gasteiger partial charge in [0.2, 0.25) is 0 Å². The van der Waals surface area contributed by atoms with Crippen LogP contribution in [0.5, 0.6) is 0 Å². The number of imidazole rings is 1. The molecule has 0 aliphatic rings. The first-order valence-electron chi connectivity index (χ1n) is 10.4. The summed E-state index contributed by atoms with van der Waals surface area (Å²) in [5, 5.41) is 11.8. The third-order valence-electron chi connectivity index (χ3n) is 5.12. The van der Waals surface area contributed by atoms with Crippen molar-refractivity contribution in [3.8, 4) is 17.5 Å². The van der Waals surface area contributed by atoms with Crippen LogP contribution in [0.25, 0.3) is 22.4 Å². The smallest absolute Gasteiger partial charge is 0.307 e. The van der Waals surface area contributed by atoms with Crippen LogP contribution in [-0.4, -0.2) is 48.2 Å². The van der Waals surface area contributed by atoms with Gasteiger partial charge in [-0.1, -0.05) is 0 Å². The van der Waals surface area contributed by atoms with Crippen LogP contribution in [0.3, 0.4) is 0 Å². The summed E-state index contributed by atoms with van der Waals surface area (Å²) in [5.74, 6) is -0.336. The Kier molecular flexibility index (Phi) is 7.76. The molecule has 9 nitrogen and oxygen atoms in total. The molecule has 0 saturated heterocycles. The van der Waals surface area contributed by atoms with Gasteiger partial charge in [-0.2, -0.15) is 5.26 Å². The maximum absolute atomic E-state index is 12.5. The second-order valence-electron chi connectivity index (χ2n) is 7.24. The van der Waals surface area contributed by atoms with Gasteiger partial charge in [0.25, 0.3) is 5.91 Å². The van der Waals surface area contributed by atoms with Gasteiger partial charge in [0.15, 0.2) is 0 Å². The molecular formula is C24H24N4O5. The van der Waals surface area contributed by atoms with Crippen LogP contribution in [0.15, 0.2) is 42.5 Å². The average molecular weight is 448 g/mol. The number of hydrogen-bond donors (Lipinski definition) is 1. The first-order valence-corrected chi connectivity index (χ1v) is 10.4. The van der Waals surface area contributed by atoms with Crippen molar-refractivity contribution in [2.24, 2.45) is 0 Å². The predicted molar refractivity (Wildman–Crippen MR) is 120 cm³/mol. The molecule has 0 radical (unpaired) electrons. The lowest BCUT2D eigenvalue weighted by atomic mass is 10.1. The zero-order chi connectivity index (χ0) is 23.8. The topological polar surface area (TPSA) is 123 Å². The van der Waals surface area contributed by atoms with Gasteiger partial charge in [0.1, 0.15) is 5.82 Å². The fraction of sp³-hybridized carbons (Fsp3) is 0.292. The summed E-state index contributed by atoms with van der Waals surface area (Å²) in [6.45, 7) is 0.688. The Labute approximate surface area is 190 Å². The van der Waals surface area contributed by atoms with Crippen LogP contribution < -0.4 is 5.32 Å². The van der Waals surface area contributed by atoms with E-state index < -0.39 is 5.97 Å². The van der Waals surface area contributed by atoms with Crippen molar-refractivity contribution in [2.45, 2.75) is 25.8 Å². The number of aryl methyl sites for hydroxylation is 1. The van der Waals surface area contributed by atoms with Crippen LogP contribution in [0.1, 0.15) is 35.2 Å². The van der Waals surface area contributed by atoms with E-state index in [1.807, 2.05) is 22.8 Å². The van der Waals surface area contributed by atoms with Crippen LogP contribution in [0, 0.1) is 11.3 Å². The van der Waals surface area contributed by atoms with E-state index in [0.717, 1.165) is 11.1 Å². The minimum atomic E-state index is -0.400. The number of aromatic nitrogens is 2. The molecule has 3 rings (SSSR count). The highest BCUT2D eigenvalue weighted by atomic mass is 16.5. The lowest BCUT2D eigenvalue weighted by Gasteiger charge is -2.09. The molecule has 1 amide bonds. The van der Waals surface area contributed by atoms with E-state index in [1.165, 1.54) is 14.2 Å². The zero-order valence-electron chi connectivity index (χ0n) is 18.5. The number of esters is 2. The number of ether oxygens (including phenoxy) is 2. The Hall–Kier alpha value is -4.19. The molecule has 1 aromatic heterocycles. The lowest BCUT2D eigenvalue weighted by Crippen LogP contribution is -2.26. The highest BCUT2D eigenvalue weighted by molar-refractivity contribution is 5.98. The molecule has 1 heterocycles. The Morgan fingerprint density at radius 1 is 1.03 bits per heavy atom. The summed E-state index contributed by atoms with van der Waals surface area (Å²) in [4.78, 5) is 40.0. The number of nitrogens with one attached hydrogen (secondary N) is 1. The largest absolute Gasteiger partial charge is 0.469 e. The number of benzene rings is 2. The minimum Gasteiger partial charge on any atom is -0.469 e. The SMILES string of the molecule is COC(=O)CCCn1c(-c2ccc(C#N)cc2)nc2cc(C(=O)NCCC(=O)OC)ccc21. The number of carbonyl (C=O) groups is 3. The van der Waals surface area contributed by atoms with Gasteiger partial charge in [-0.05, 0) is 48.9 Å². The Balaban J connectivity index is 1.91. The molecule has 0 bridgehead atoms. The summed E-state index contributed by atoms with van der Waals surface area (Å²) in [7, 11) is 2.65. The quantitative estimate of drug-likeness (QED) is 0.499. The molecule has 0 unspecified atom stereocenters. The van der Waals surface area contributed by atoms with E-state index >= 15 is 0 Å². The summed E-state index contributed by atoms with van der Waals surface area (Å²) in [6.07, 6.45) is 0.906. The molecule has 0 fully saturated rings. The summed E-state index contributed by atoms with van der Waals surface area (Å²) < 4.78 is 11.3. The van der Waals surface area contributed by atoms with Gasteiger partial charge in [0.05, 0.1) is 43.3 Å². The fourth-order valence-electron chi connectivity index (χ4n) is 3.38. The number of fused-ring (bicyclic) bond motifs is 1. The normalized spacial score (nSPS) is 10.5. The molecular weight excluding hydrogens is 424 g/mol. The highest BCUT2D eigenvalue weighted by Crippen LogP contribution is 2.26. The van der Waals surface area contributed by atoms with E-state index in [4.69, 9.17) is 15.0 Å². The molecule has 0 spiro atoms. The monoisotopic (exact) mass is 448 g/mol. The van der Waals surface area contributed by atoms with Crippen molar-refractivity contribution in [2.75, 3.05) is 20.8 Å². The average Bonchev–Trinajstić information content (AvgIpc) is 3.21. The molecule has 0 aliphatic carbocycles. The van der Waals surface area contributed by atoms with E-state index in [2.05, 4.69) is 16.1 Å². The molecule has 0 aliphatic heterocycles. The van der Waals surface area contributed by atoms with Crippen LogP contribution in [-0.2, 0) is 25.6 Å². The maximum Gasteiger partial charge on any atom is 0.307 e. The van der Waals surface area contributed by atoms with Crippen molar-refractivity contribution in [3.05, 3.63) is 53.6 Å². The number of carbonyl (C=O) groups excluding carboxylic acids is 3. The number of methoxy groups -OCH3 is 2. The molecule has 9 heteroatoms. The molecule has 1 N–H and O–H groups in total. The van der Waals surface area contributed by atoms with Gasteiger partial charge in [-0.3, -0.25) is 14.4 Å². The highest BCUT2D eigenvalue weighted by Gasteiger charge is 2.16. The van der Waals surface area contributed by atoms with Crippen molar-refractivity contribution in [1.29, 1.82) is 5.26 Å². The van der Waals surface area contributed by atoms with E-state index in [-0.39, 0.29) is 31.3 Å². The lowest BCUT2D eigenvalue weighted by molar-refractivity contribution is -0.141. The maximum atomic E-state index is 12.5. The molecule has 0 saturated carbocycles. The summed E-state index contributed by atoms with van der Waals surface area (Å²) >= 11 is 0. The van der Waals surface area contributed by atoms with Crippen molar-refractivity contribution >= 4 is 28.9 Å². The van der Waals surface area contributed by atoms with Crippen molar-refractivity contribution in [3.63, 3.8) is 0 Å². The van der Waals surface area contributed by atoms with Gasteiger partial charge in [0, 0.05) is 30.6 Å². The summed E-state index contributed by atoms with van der Waals surface area (Å²) in [6, 6.07) is 14.3. The molecule has 2 aromatic carbocycles. The third kappa shape index (κ3) is 5.74. The second-order valence-corrected chi connectivity index (χ2v) is 7.24. The van der Waals surface area contributed by atoms with Gasteiger partial charge in [-0.25, -0.2) is 4.98 Å². The number of amides is 1. The van der Waals surface area contributed by atoms with Gasteiger partial charge >= 0.3 is 11.9 Å². The standard InChI is InChI=1S/C24H24N4O5/c1-32-21(29)4-3-13-28-20-10-9-18(24(31)26-12-11-22(30)33-2)14-19(20)27-23(28)17-7-5-16(15-25)6-8-17/h5-10,14H,3-4,11-13H2,1-2H3,(H,26,31). The molecule has 0 atom stereocenters. The number of rotatable bonds is 9. The third-order valence-corrected chi connectivity index (χ3v) is 5.12. The Morgan fingerprint density at radius 2 is 1.73 bits per heavy atom. The fourth-order valence-corrected chi connectivity index (χ4v) is 3.38. The first kappa shape index (κ1) is 23.5. The van der Waals surface area contributed by atoms with Crippen LogP contribution in [0.4, 0.5) is 0 Å². The van der Waals surface area contributed by atoms with Crippen molar-refractivity contribution in [1.82, 2.24) is 14.9 Å². The first-order chi connectivity index (χ1) is 16.0. The molecule has 33 heavy (non-hydrogen) atoms. The summed E-state index contributed by atoms with van der Waals surface area (Å²) in [5.41, 5.74) is 3.20. The minimum absolute atomic E-state index is 0.0855. The van der Waals surface area contributed by atoms with Gasteiger partial charge < -0.3 is 19.4 Å².